The second kappa shape index (κ2) is 14.5. The molecule has 0 aromatic heterocycles. The Morgan fingerprint density at radius 3 is 2.64 bits per heavy atom. The van der Waals surface area contributed by atoms with Gasteiger partial charge in [-0.25, -0.2) is 0 Å². The van der Waals surface area contributed by atoms with Gasteiger partial charge < -0.3 is 20.3 Å². The van der Waals surface area contributed by atoms with Crippen LogP contribution in [0.3, 0.4) is 0 Å². The molecule has 1 atom stereocenters. The summed E-state index contributed by atoms with van der Waals surface area (Å²) in [6.45, 7) is 1.73. The zero-order valence-electron chi connectivity index (χ0n) is 16.0. The van der Waals surface area contributed by atoms with Crippen molar-refractivity contribution >= 4 is 41.7 Å². The molecule has 0 amide bonds. The SMILES string of the molecule is CN=C(NCCCCSC)NCC(c1cccc(OC)c1)N(C)C.I. The van der Waals surface area contributed by atoms with Crippen LogP contribution in [0.4, 0.5) is 0 Å². The lowest BCUT2D eigenvalue weighted by molar-refractivity contribution is 0.297. The minimum Gasteiger partial charge on any atom is -0.497 e. The number of nitrogens with one attached hydrogen (secondary N) is 2. The molecule has 0 aliphatic rings. The lowest BCUT2D eigenvalue weighted by Gasteiger charge is -2.26. The van der Waals surface area contributed by atoms with Crippen molar-refractivity contribution in [3.63, 3.8) is 0 Å². The highest BCUT2D eigenvalue weighted by molar-refractivity contribution is 14.0. The van der Waals surface area contributed by atoms with Gasteiger partial charge in [0.25, 0.3) is 0 Å². The summed E-state index contributed by atoms with van der Waals surface area (Å²) in [5, 5.41) is 6.81. The quantitative estimate of drug-likeness (QED) is 0.233. The Labute approximate surface area is 174 Å². The standard InChI is InChI=1S/C18H32N4OS.HI/c1-19-18(20-11-6-7-12-24-5)21-14-17(22(2)3)15-9-8-10-16(13-15)23-4;/h8-10,13,17H,6-7,11-12,14H2,1-5H3,(H2,19,20,21);1H. The summed E-state index contributed by atoms with van der Waals surface area (Å²) in [5.41, 5.74) is 1.22. The average Bonchev–Trinajstić information content (AvgIpc) is 2.59. The topological polar surface area (TPSA) is 48.9 Å². The number of methoxy groups -OCH3 is 1. The molecule has 2 N–H and O–H groups in total. The molecule has 0 saturated carbocycles. The van der Waals surface area contributed by atoms with Crippen molar-refractivity contribution in [2.75, 3.05) is 53.4 Å². The van der Waals surface area contributed by atoms with Gasteiger partial charge in [0, 0.05) is 20.1 Å². The third kappa shape index (κ3) is 9.55. The Hall–Kier alpha value is -0.670. The highest BCUT2D eigenvalue weighted by Gasteiger charge is 2.15. The number of rotatable bonds is 10. The fourth-order valence-corrected chi connectivity index (χ4v) is 2.93. The van der Waals surface area contributed by atoms with E-state index in [-0.39, 0.29) is 30.0 Å². The average molecular weight is 480 g/mol. The molecule has 0 aliphatic carbocycles. The zero-order valence-corrected chi connectivity index (χ0v) is 19.2. The van der Waals surface area contributed by atoms with E-state index in [1.807, 2.05) is 30.9 Å². The van der Waals surface area contributed by atoms with Gasteiger partial charge in [-0.15, -0.1) is 24.0 Å². The number of thioether (sulfide) groups is 1. The van der Waals surface area contributed by atoms with Gasteiger partial charge in [0.05, 0.1) is 13.2 Å². The largest absolute Gasteiger partial charge is 0.497 e. The second-order valence-corrected chi connectivity index (χ2v) is 6.82. The molecule has 0 saturated heterocycles. The van der Waals surface area contributed by atoms with Gasteiger partial charge in [-0.1, -0.05) is 12.1 Å². The smallest absolute Gasteiger partial charge is 0.191 e. The van der Waals surface area contributed by atoms with Crippen LogP contribution < -0.4 is 15.4 Å². The van der Waals surface area contributed by atoms with Crippen LogP contribution in [0.15, 0.2) is 29.3 Å². The van der Waals surface area contributed by atoms with E-state index in [1.165, 1.54) is 17.7 Å². The van der Waals surface area contributed by atoms with Crippen LogP contribution >= 0.6 is 35.7 Å². The summed E-state index contributed by atoms with van der Waals surface area (Å²) in [5.74, 6) is 2.95. The number of halogens is 1. The van der Waals surface area contributed by atoms with Crippen LogP contribution in [0.1, 0.15) is 24.4 Å². The number of unbranched alkanes of at least 4 members (excludes halogenated alkanes) is 1. The molecule has 0 heterocycles. The highest BCUT2D eigenvalue weighted by atomic mass is 127. The van der Waals surface area contributed by atoms with Crippen molar-refractivity contribution in [3.05, 3.63) is 29.8 Å². The molecule has 1 aromatic rings. The molecule has 0 aliphatic heterocycles. The summed E-state index contributed by atoms with van der Waals surface area (Å²) < 4.78 is 5.34. The Bertz CT molecular complexity index is 500. The lowest BCUT2D eigenvalue weighted by atomic mass is 10.1. The van der Waals surface area contributed by atoms with E-state index in [0.29, 0.717) is 0 Å². The van der Waals surface area contributed by atoms with Crippen molar-refractivity contribution < 1.29 is 4.74 Å². The molecule has 0 radical (unpaired) electrons. The Morgan fingerprint density at radius 2 is 2.04 bits per heavy atom. The van der Waals surface area contributed by atoms with Crippen molar-refractivity contribution in [2.24, 2.45) is 4.99 Å². The number of benzene rings is 1. The fraction of sp³-hybridized carbons (Fsp3) is 0.611. The number of guanidine groups is 1. The summed E-state index contributed by atoms with van der Waals surface area (Å²) in [4.78, 5) is 6.51. The van der Waals surface area contributed by atoms with Gasteiger partial charge in [0.15, 0.2) is 5.96 Å². The molecule has 1 rings (SSSR count). The van der Waals surface area contributed by atoms with Crippen LogP contribution in [-0.4, -0.2) is 64.2 Å². The molecule has 0 fully saturated rings. The number of hydrogen-bond donors (Lipinski definition) is 2. The van der Waals surface area contributed by atoms with Crippen LogP contribution in [-0.2, 0) is 0 Å². The van der Waals surface area contributed by atoms with Crippen LogP contribution in [0.25, 0.3) is 0 Å². The van der Waals surface area contributed by atoms with Crippen molar-refractivity contribution in [2.45, 2.75) is 18.9 Å². The van der Waals surface area contributed by atoms with E-state index in [9.17, 15) is 0 Å². The number of ether oxygens (including phenoxy) is 1. The predicted molar refractivity (Wildman–Crippen MR) is 122 cm³/mol. The highest BCUT2D eigenvalue weighted by Crippen LogP contribution is 2.21. The minimum absolute atomic E-state index is 0. The Kier molecular flexibility index (Phi) is 14.1. The van der Waals surface area contributed by atoms with Crippen LogP contribution in [0.2, 0.25) is 0 Å². The monoisotopic (exact) mass is 480 g/mol. The number of nitrogens with zero attached hydrogens (tertiary/aromatic N) is 2. The normalized spacial score (nSPS) is 12.5. The predicted octanol–water partition coefficient (Wildman–Crippen LogP) is 3.22. The third-order valence-corrected chi connectivity index (χ3v) is 4.55. The van der Waals surface area contributed by atoms with E-state index in [2.05, 4.69) is 53.0 Å². The summed E-state index contributed by atoms with van der Waals surface area (Å²) in [7, 11) is 7.69. The maximum Gasteiger partial charge on any atom is 0.191 e. The molecular weight excluding hydrogens is 447 g/mol. The molecule has 0 spiro atoms. The summed E-state index contributed by atoms with van der Waals surface area (Å²) in [6, 6.07) is 8.47. The molecular formula is C18H33IN4OS. The van der Waals surface area contributed by atoms with Gasteiger partial charge in [0.1, 0.15) is 5.75 Å². The van der Waals surface area contributed by atoms with E-state index >= 15 is 0 Å². The molecule has 1 unspecified atom stereocenters. The summed E-state index contributed by atoms with van der Waals surface area (Å²) in [6.07, 6.45) is 4.54. The van der Waals surface area contributed by atoms with Gasteiger partial charge in [-0.05, 0) is 56.6 Å². The van der Waals surface area contributed by atoms with Gasteiger partial charge >= 0.3 is 0 Å². The minimum atomic E-state index is 0. The van der Waals surface area contributed by atoms with E-state index in [1.54, 1.807) is 7.11 Å². The maximum atomic E-state index is 5.34. The van der Waals surface area contributed by atoms with E-state index < -0.39 is 0 Å². The zero-order chi connectivity index (χ0) is 17.8. The first-order valence-corrected chi connectivity index (χ1v) is 9.75. The molecule has 0 bridgehead atoms. The van der Waals surface area contributed by atoms with E-state index in [4.69, 9.17) is 4.74 Å². The molecule has 7 heteroatoms. The van der Waals surface area contributed by atoms with Crippen molar-refractivity contribution in [1.29, 1.82) is 0 Å². The first-order valence-electron chi connectivity index (χ1n) is 8.36. The Balaban J connectivity index is 0.00000576. The molecule has 144 valence electrons. The molecule has 25 heavy (non-hydrogen) atoms. The maximum absolute atomic E-state index is 5.34. The van der Waals surface area contributed by atoms with E-state index in [0.717, 1.165) is 31.2 Å². The number of aliphatic imine (C=N–C) groups is 1. The van der Waals surface area contributed by atoms with Crippen molar-refractivity contribution in [1.82, 2.24) is 15.5 Å². The van der Waals surface area contributed by atoms with Crippen molar-refractivity contribution in [3.8, 4) is 5.75 Å². The fourth-order valence-electron chi connectivity index (χ4n) is 2.44. The van der Waals surface area contributed by atoms with Crippen LogP contribution in [0, 0.1) is 0 Å². The van der Waals surface area contributed by atoms with Gasteiger partial charge in [0.2, 0.25) is 0 Å². The van der Waals surface area contributed by atoms with Gasteiger partial charge in [-0.3, -0.25) is 4.99 Å². The third-order valence-electron chi connectivity index (χ3n) is 3.86. The number of hydrogen-bond acceptors (Lipinski definition) is 4. The van der Waals surface area contributed by atoms with Crippen LogP contribution in [0.5, 0.6) is 5.75 Å². The Morgan fingerprint density at radius 1 is 1.28 bits per heavy atom. The van der Waals surface area contributed by atoms with Gasteiger partial charge in [-0.2, -0.15) is 11.8 Å². The lowest BCUT2D eigenvalue weighted by Crippen LogP contribution is -2.42. The summed E-state index contributed by atoms with van der Waals surface area (Å²) >= 11 is 1.89. The first-order chi connectivity index (χ1) is 11.6. The first kappa shape index (κ1) is 24.3. The molecule has 1 aromatic carbocycles. The second-order valence-electron chi connectivity index (χ2n) is 5.84. The number of likely N-dealkylation sites (N-methyl/N-ethyl adjacent to an activating group) is 1. The molecule has 5 nitrogen and oxygen atoms in total.